The average Bonchev–Trinajstić information content (AvgIpc) is 2.83. The van der Waals surface area contributed by atoms with Crippen LogP contribution in [0, 0.1) is 0 Å². The number of amides is 1. The largest absolute Gasteiger partial charge is 0.490 e. The Balaban J connectivity index is 1.73. The third-order valence-electron chi connectivity index (χ3n) is 4.67. The molecule has 0 aromatic heterocycles. The maximum absolute atomic E-state index is 12.7. The molecule has 6 nitrogen and oxygen atoms in total. The van der Waals surface area contributed by atoms with Crippen molar-refractivity contribution in [1.82, 2.24) is 5.43 Å². The van der Waals surface area contributed by atoms with Crippen molar-refractivity contribution < 1.29 is 19.0 Å². The van der Waals surface area contributed by atoms with Gasteiger partial charge in [0.15, 0.2) is 11.5 Å². The monoisotopic (exact) mass is 666 g/mol. The Morgan fingerprint density at radius 3 is 2.40 bits per heavy atom. The van der Waals surface area contributed by atoms with Crippen LogP contribution in [0.1, 0.15) is 41.8 Å². The Morgan fingerprint density at radius 1 is 0.914 bits per heavy atom. The van der Waals surface area contributed by atoms with Crippen LogP contribution >= 0.6 is 47.8 Å². The highest BCUT2D eigenvalue weighted by atomic mass is 79.9. The Kier molecular flexibility index (Phi) is 10.6. The van der Waals surface area contributed by atoms with Gasteiger partial charge >= 0.3 is 0 Å². The number of hydrazone groups is 1. The van der Waals surface area contributed by atoms with Gasteiger partial charge in [0.1, 0.15) is 12.4 Å². The summed E-state index contributed by atoms with van der Waals surface area (Å²) in [5, 5.41) is 4.15. The van der Waals surface area contributed by atoms with Crippen molar-refractivity contribution in [1.29, 1.82) is 0 Å². The Labute approximate surface area is 230 Å². The lowest BCUT2D eigenvalue weighted by Gasteiger charge is -2.13. The van der Waals surface area contributed by atoms with Gasteiger partial charge in [-0.1, -0.05) is 50.9 Å². The summed E-state index contributed by atoms with van der Waals surface area (Å²) in [5.41, 5.74) is 4.70. The lowest BCUT2D eigenvalue weighted by molar-refractivity contribution is 0.0954. The van der Waals surface area contributed by atoms with Gasteiger partial charge in [0, 0.05) is 20.1 Å². The minimum atomic E-state index is -0.365. The molecular formula is C26H25Br3N2O4. The first-order chi connectivity index (χ1) is 16.9. The van der Waals surface area contributed by atoms with E-state index in [0.717, 1.165) is 25.4 Å². The molecule has 35 heavy (non-hydrogen) atoms. The number of nitrogens with one attached hydrogen (secondary N) is 1. The van der Waals surface area contributed by atoms with Crippen molar-refractivity contribution in [3.05, 3.63) is 84.7 Å². The van der Waals surface area contributed by atoms with Crippen molar-refractivity contribution in [2.45, 2.75) is 26.9 Å². The molecule has 0 fully saturated rings. The second-order valence-corrected chi connectivity index (χ2v) is 10.0. The topological polar surface area (TPSA) is 69.2 Å². The maximum Gasteiger partial charge on any atom is 0.271 e. The van der Waals surface area contributed by atoms with Gasteiger partial charge in [-0.05, 0) is 77.3 Å². The first kappa shape index (κ1) is 27.2. The van der Waals surface area contributed by atoms with Gasteiger partial charge < -0.3 is 14.2 Å². The number of nitrogens with zero attached hydrogens (tertiary/aromatic N) is 1. The molecule has 3 rings (SSSR count). The van der Waals surface area contributed by atoms with Crippen molar-refractivity contribution in [3.8, 4) is 17.2 Å². The predicted molar refractivity (Wildman–Crippen MR) is 149 cm³/mol. The molecule has 3 aromatic carbocycles. The lowest BCUT2D eigenvalue weighted by Crippen LogP contribution is -2.18. The summed E-state index contributed by atoms with van der Waals surface area (Å²) >= 11 is 10.5. The highest BCUT2D eigenvalue weighted by Gasteiger charge is 2.13. The zero-order chi connectivity index (χ0) is 25.2. The Hall–Kier alpha value is -2.36. The number of rotatable bonds is 11. The fraction of sp³-hybridized carbons (Fsp3) is 0.231. The molecule has 0 heterocycles. The van der Waals surface area contributed by atoms with Crippen molar-refractivity contribution in [2.24, 2.45) is 5.10 Å². The molecule has 0 aliphatic rings. The molecule has 0 atom stereocenters. The van der Waals surface area contributed by atoms with Crippen LogP contribution in [0.25, 0.3) is 0 Å². The molecule has 0 radical (unpaired) electrons. The molecule has 0 aliphatic heterocycles. The fourth-order valence-corrected chi connectivity index (χ4v) is 4.68. The van der Waals surface area contributed by atoms with Crippen LogP contribution in [0.5, 0.6) is 17.2 Å². The Bertz CT molecular complexity index is 1180. The van der Waals surface area contributed by atoms with E-state index in [2.05, 4.69) is 58.3 Å². The standard InChI is InChI=1S/C26H25Br3N2O4/c1-3-11-34-23-10-7-18(13-24(23)33-4-2)26(32)31-30-15-19-12-21(28)14-22(29)25(19)35-16-17-5-8-20(27)9-6-17/h5-10,12-15H,3-4,11,16H2,1-2H3,(H,31,32)/b30-15+. The molecule has 184 valence electrons. The molecule has 9 heteroatoms. The SMILES string of the molecule is CCCOc1ccc(C(=O)N/N=C/c2cc(Br)cc(Br)c2OCc2ccc(Br)cc2)cc1OCC. The molecule has 0 saturated heterocycles. The van der Waals surface area contributed by atoms with Gasteiger partial charge in [-0.2, -0.15) is 5.10 Å². The Morgan fingerprint density at radius 2 is 1.69 bits per heavy atom. The van der Waals surface area contributed by atoms with Gasteiger partial charge in [-0.25, -0.2) is 5.43 Å². The van der Waals surface area contributed by atoms with Crippen LogP contribution in [0.3, 0.4) is 0 Å². The minimum absolute atomic E-state index is 0.365. The number of ether oxygens (including phenoxy) is 3. The lowest BCUT2D eigenvalue weighted by atomic mass is 10.2. The van der Waals surface area contributed by atoms with Crippen molar-refractivity contribution in [2.75, 3.05) is 13.2 Å². The zero-order valence-electron chi connectivity index (χ0n) is 19.3. The molecule has 3 aromatic rings. The van der Waals surface area contributed by atoms with E-state index in [1.54, 1.807) is 24.4 Å². The number of hydrogen-bond acceptors (Lipinski definition) is 5. The van der Waals surface area contributed by atoms with E-state index >= 15 is 0 Å². The summed E-state index contributed by atoms with van der Waals surface area (Å²) in [6.45, 7) is 5.33. The van der Waals surface area contributed by atoms with Crippen LogP contribution in [0.15, 0.2) is 73.1 Å². The number of carbonyl (C=O) groups excluding carboxylic acids is 1. The second-order valence-electron chi connectivity index (χ2n) is 7.36. The van der Waals surface area contributed by atoms with E-state index in [9.17, 15) is 4.79 Å². The van der Waals surface area contributed by atoms with Gasteiger partial charge in [-0.3, -0.25) is 4.79 Å². The number of hydrogen-bond donors (Lipinski definition) is 1. The molecule has 0 saturated carbocycles. The summed E-state index contributed by atoms with van der Waals surface area (Å²) < 4.78 is 20.0. The molecular weight excluding hydrogens is 644 g/mol. The summed E-state index contributed by atoms with van der Waals surface area (Å²) in [5.74, 6) is 1.39. The van der Waals surface area contributed by atoms with Gasteiger partial charge in [0.25, 0.3) is 5.91 Å². The molecule has 1 amide bonds. The molecule has 0 spiro atoms. The van der Waals surface area contributed by atoms with Gasteiger partial charge in [0.2, 0.25) is 0 Å². The third-order valence-corrected chi connectivity index (χ3v) is 6.25. The molecule has 0 unspecified atom stereocenters. The normalized spacial score (nSPS) is 10.9. The second kappa shape index (κ2) is 13.7. The summed E-state index contributed by atoms with van der Waals surface area (Å²) in [6, 6.07) is 16.7. The summed E-state index contributed by atoms with van der Waals surface area (Å²) in [6.07, 6.45) is 2.43. The summed E-state index contributed by atoms with van der Waals surface area (Å²) in [7, 11) is 0. The number of benzene rings is 3. The minimum Gasteiger partial charge on any atom is -0.490 e. The van der Waals surface area contributed by atoms with E-state index in [4.69, 9.17) is 14.2 Å². The van der Waals surface area contributed by atoms with Gasteiger partial charge in [0.05, 0.1) is 23.9 Å². The number of carbonyl (C=O) groups is 1. The van der Waals surface area contributed by atoms with E-state index < -0.39 is 0 Å². The zero-order valence-corrected chi connectivity index (χ0v) is 24.1. The highest BCUT2D eigenvalue weighted by molar-refractivity contribution is 9.11. The van der Waals surface area contributed by atoms with Crippen LogP contribution in [0.4, 0.5) is 0 Å². The predicted octanol–water partition coefficient (Wildman–Crippen LogP) is 7.50. The van der Waals surface area contributed by atoms with Crippen LogP contribution in [-0.4, -0.2) is 25.3 Å². The van der Waals surface area contributed by atoms with E-state index in [1.807, 2.05) is 50.2 Å². The van der Waals surface area contributed by atoms with Crippen LogP contribution in [-0.2, 0) is 6.61 Å². The van der Waals surface area contributed by atoms with Crippen LogP contribution in [0.2, 0.25) is 0 Å². The van der Waals surface area contributed by atoms with E-state index in [1.165, 1.54) is 0 Å². The molecule has 1 N–H and O–H groups in total. The smallest absolute Gasteiger partial charge is 0.271 e. The average molecular weight is 669 g/mol. The summed E-state index contributed by atoms with van der Waals surface area (Å²) in [4.78, 5) is 12.7. The molecule has 0 bridgehead atoms. The first-order valence-corrected chi connectivity index (χ1v) is 13.4. The molecule has 0 aliphatic carbocycles. The maximum atomic E-state index is 12.7. The third kappa shape index (κ3) is 8.08. The fourth-order valence-electron chi connectivity index (χ4n) is 3.04. The van der Waals surface area contributed by atoms with Crippen molar-refractivity contribution in [3.63, 3.8) is 0 Å². The first-order valence-electron chi connectivity index (χ1n) is 11.0. The van der Waals surface area contributed by atoms with Crippen LogP contribution < -0.4 is 19.6 Å². The number of halogens is 3. The van der Waals surface area contributed by atoms with Crippen molar-refractivity contribution >= 4 is 59.9 Å². The quantitative estimate of drug-likeness (QED) is 0.170. The van der Waals surface area contributed by atoms with Gasteiger partial charge in [-0.15, -0.1) is 0 Å². The highest BCUT2D eigenvalue weighted by Crippen LogP contribution is 2.33. The van der Waals surface area contributed by atoms with E-state index in [0.29, 0.717) is 48.2 Å². The van der Waals surface area contributed by atoms with E-state index in [-0.39, 0.29) is 5.91 Å².